The molecule has 0 aliphatic carbocycles. The summed E-state index contributed by atoms with van der Waals surface area (Å²) in [6.07, 6.45) is 2.35. The number of carboxylic acids is 1. The monoisotopic (exact) mass is 237 g/mol. The van der Waals surface area contributed by atoms with Crippen LogP contribution in [0.3, 0.4) is 0 Å². The third-order valence-corrected chi connectivity index (χ3v) is 2.93. The average Bonchev–Trinajstić information content (AvgIpc) is 2.62. The van der Waals surface area contributed by atoms with Crippen LogP contribution < -0.4 is 0 Å². The maximum atomic E-state index is 11.1. The van der Waals surface area contributed by atoms with Gasteiger partial charge in [-0.3, -0.25) is 0 Å². The zero-order valence-electron chi connectivity index (χ0n) is 8.85. The van der Waals surface area contributed by atoms with Crippen molar-refractivity contribution in [1.82, 2.24) is 4.57 Å². The van der Waals surface area contributed by atoms with Crippen LogP contribution in [0.25, 0.3) is 10.9 Å². The number of fused-ring (bicyclic) bond motifs is 1. The number of carbonyl (C=O) groups is 1. The number of aliphatic carboxylic acids is 1. The Morgan fingerprint density at radius 1 is 1.50 bits per heavy atom. The molecule has 0 aliphatic rings. The molecule has 2 rings (SSSR count). The van der Waals surface area contributed by atoms with Crippen molar-refractivity contribution in [2.45, 2.75) is 19.4 Å². The molecule has 0 saturated heterocycles. The van der Waals surface area contributed by atoms with Gasteiger partial charge in [-0.25, -0.2) is 4.79 Å². The molecule has 84 valence electrons. The summed E-state index contributed by atoms with van der Waals surface area (Å²) in [5.74, 6) is -0.810. The molecule has 3 nitrogen and oxygen atoms in total. The molecule has 1 unspecified atom stereocenters. The Hall–Kier alpha value is -1.48. The van der Waals surface area contributed by atoms with E-state index in [2.05, 4.69) is 0 Å². The summed E-state index contributed by atoms with van der Waals surface area (Å²) in [5, 5.41) is 10.7. The zero-order chi connectivity index (χ0) is 11.7. The minimum absolute atomic E-state index is 0.515. The third kappa shape index (κ3) is 1.78. The number of nitrogens with zero attached hydrogens (tertiary/aromatic N) is 1. The van der Waals surface area contributed by atoms with Crippen LogP contribution in [-0.2, 0) is 4.79 Å². The predicted molar refractivity (Wildman–Crippen MR) is 63.9 cm³/mol. The average molecular weight is 238 g/mol. The van der Waals surface area contributed by atoms with E-state index in [9.17, 15) is 4.79 Å². The smallest absolute Gasteiger partial charge is 0.326 e. The standard InChI is InChI=1S/C12H12ClNO2/c1-2-10(12(15)16)14-6-5-8-7-9(13)3-4-11(8)14/h3-7,10H,2H2,1H3,(H,15,16). The summed E-state index contributed by atoms with van der Waals surface area (Å²) in [5.41, 5.74) is 0.902. The van der Waals surface area contributed by atoms with Crippen molar-refractivity contribution in [3.63, 3.8) is 0 Å². The van der Waals surface area contributed by atoms with E-state index in [4.69, 9.17) is 16.7 Å². The molecular weight excluding hydrogens is 226 g/mol. The highest BCUT2D eigenvalue weighted by Crippen LogP contribution is 2.24. The van der Waals surface area contributed by atoms with E-state index in [1.54, 1.807) is 16.8 Å². The quantitative estimate of drug-likeness (QED) is 0.890. The summed E-state index contributed by atoms with van der Waals surface area (Å²) in [7, 11) is 0. The first kappa shape index (κ1) is 11.0. The summed E-state index contributed by atoms with van der Waals surface area (Å²) < 4.78 is 1.77. The van der Waals surface area contributed by atoms with E-state index in [1.165, 1.54) is 0 Å². The molecular formula is C12H12ClNO2. The Morgan fingerprint density at radius 3 is 2.88 bits per heavy atom. The maximum absolute atomic E-state index is 11.1. The first-order valence-corrected chi connectivity index (χ1v) is 5.50. The van der Waals surface area contributed by atoms with Crippen LogP contribution in [0.5, 0.6) is 0 Å². The highest BCUT2D eigenvalue weighted by molar-refractivity contribution is 6.31. The van der Waals surface area contributed by atoms with Gasteiger partial charge in [0.15, 0.2) is 0 Å². The molecule has 1 N–H and O–H groups in total. The van der Waals surface area contributed by atoms with E-state index >= 15 is 0 Å². The number of aromatic nitrogens is 1. The summed E-state index contributed by atoms with van der Waals surface area (Å²) in [6.45, 7) is 1.86. The summed E-state index contributed by atoms with van der Waals surface area (Å²) >= 11 is 5.88. The van der Waals surface area contributed by atoms with Crippen molar-refractivity contribution in [3.05, 3.63) is 35.5 Å². The minimum Gasteiger partial charge on any atom is -0.480 e. The zero-order valence-corrected chi connectivity index (χ0v) is 9.61. The van der Waals surface area contributed by atoms with Crippen LogP contribution in [-0.4, -0.2) is 15.6 Å². The van der Waals surface area contributed by atoms with Crippen molar-refractivity contribution in [2.24, 2.45) is 0 Å². The second kappa shape index (κ2) is 4.18. The van der Waals surface area contributed by atoms with E-state index < -0.39 is 12.0 Å². The van der Waals surface area contributed by atoms with Crippen LogP contribution in [0.15, 0.2) is 30.5 Å². The molecule has 1 atom stereocenters. The van der Waals surface area contributed by atoms with Crippen molar-refractivity contribution in [1.29, 1.82) is 0 Å². The second-order valence-electron chi connectivity index (χ2n) is 3.69. The fraction of sp³-hybridized carbons (Fsp3) is 0.250. The lowest BCUT2D eigenvalue weighted by Crippen LogP contribution is -2.17. The maximum Gasteiger partial charge on any atom is 0.326 e. The van der Waals surface area contributed by atoms with Gasteiger partial charge in [0.1, 0.15) is 6.04 Å². The summed E-state index contributed by atoms with van der Waals surface area (Å²) in [4.78, 5) is 11.1. The topological polar surface area (TPSA) is 42.2 Å². The molecule has 1 heterocycles. The van der Waals surface area contributed by atoms with Gasteiger partial charge in [0.05, 0.1) is 0 Å². The molecule has 2 aromatic rings. The third-order valence-electron chi connectivity index (χ3n) is 2.69. The fourth-order valence-electron chi connectivity index (χ4n) is 1.90. The SMILES string of the molecule is CCC(C(=O)O)n1ccc2cc(Cl)ccc21. The molecule has 0 bridgehead atoms. The molecule has 0 saturated carbocycles. The van der Waals surface area contributed by atoms with Gasteiger partial charge in [0, 0.05) is 22.1 Å². The lowest BCUT2D eigenvalue weighted by Gasteiger charge is -2.13. The van der Waals surface area contributed by atoms with Crippen molar-refractivity contribution >= 4 is 28.5 Å². The predicted octanol–water partition coefficient (Wildman–Crippen LogP) is 3.33. The fourth-order valence-corrected chi connectivity index (χ4v) is 2.08. The van der Waals surface area contributed by atoms with Crippen LogP contribution in [0.2, 0.25) is 5.02 Å². The van der Waals surface area contributed by atoms with Crippen LogP contribution in [0.4, 0.5) is 0 Å². The first-order chi connectivity index (χ1) is 7.63. The number of hydrogen-bond acceptors (Lipinski definition) is 1. The Balaban J connectivity index is 2.57. The Labute approximate surface area is 98.3 Å². The molecule has 0 radical (unpaired) electrons. The van der Waals surface area contributed by atoms with Gasteiger partial charge in [-0.2, -0.15) is 0 Å². The lowest BCUT2D eigenvalue weighted by molar-refractivity contribution is -0.140. The number of hydrogen-bond donors (Lipinski definition) is 1. The minimum atomic E-state index is -0.810. The van der Waals surface area contributed by atoms with Crippen LogP contribution in [0.1, 0.15) is 19.4 Å². The first-order valence-electron chi connectivity index (χ1n) is 5.12. The highest BCUT2D eigenvalue weighted by Gasteiger charge is 2.18. The van der Waals surface area contributed by atoms with Gasteiger partial charge in [-0.1, -0.05) is 18.5 Å². The lowest BCUT2D eigenvalue weighted by atomic mass is 10.2. The molecule has 16 heavy (non-hydrogen) atoms. The molecule has 0 amide bonds. The van der Waals surface area contributed by atoms with Gasteiger partial charge < -0.3 is 9.67 Å². The van der Waals surface area contributed by atoms with Crippen molar-refractivity contribution < 1.29 is 9.90 Å². The molecule has 4 heteroatoms. The van der Waals surface area contributed by atoms with E-state index in [-0.39, 0.29) is 0 Å². The number of rotatable bonds is 3. The second-order valence-corrected chi connectivity index (χ2v) is 4.12. The molecule has 0 spiro atoms. The molecule has 0 fully saturated rings. The number of carboxylic acid groups (broad SMARTS) is 1. The van der Waals surface area contributed by atoms with Crippen molar-refractivity contribution in [2.75, 3.05) is 0 Å². The van der Waals surface area contributed by atoms with Crippen LogP contribution in [0, 0.1) is 0 Å². The van der Waals surface area contributed by atoms with E-state index in [0.29, 0.717) is 11.4 Å². The van der Waals surface area contributed by atoms with Crippen molar-refractivity contribution in [3.8, 4) is 0 Å². The van der Waals surface area contributed by atoms with E-state index in [0.717, 1.165) is 10.9 Å². The largest absolute Gasteiger partial charge is 0.480 e. The van der Waals surface area contributed by atoms with E-state index in [1.807, 2.05) is 25.1 Å². The molecule has 0 aliphatic heterocycles. The Bertz CT molecular complexity index is 533. The van der Waals surface area contributed by atoms with Crippen LogP contribution >= 0.6 is 11.6 Å². The Morgan fingerprint density at radius 2 is 2.25 bits per heavy atom. The number of halogens is 1. The number of benzene rings is 1. The molecule has 1 aromatic carbocycles. The van der Waals surface area contributed by atoms with Gasteiger partial charge in [-0.05, 0) is 30.7 Å². The Kier molecular flexibility index (Phi) is 2.88. The summed E-state index contributed by atoms with van der Waals surface area (Å²) in [6, 6.07) is 6.83. The highest BCUT2D eigenvalue weighted by atomic mass is 35.5. The normalized spacial score (nSPS) is 12.9. The van der Waals surface area contributed by atoms with Gasteiger partial charge >= 0.3 is 5.97 Å². The molecule has 1 aromatic heterocycles. The van der Waals surface area contributed by atoms with Gasteiger partial charge in [-0.15, -0.1) is 0 Å². The van der Waals surface area contributed by atoms with Gasteiger partial charge in [0.2, 0.25) is 0 Å². The van der Waals surface area contributed by atoms with Gasteiger partial charge in [0.25, 0.3) is 0 Å².